The Kier molecular flexibility index (Phi) is 3.81. The van der Waals surface area contributed by atoms with Gasteiger partial charge < -0.3 is 40.1 Å². The number of rotatable bonds is 3. The molecule has 0 aliphatic rings. The van der Waals surface area contributed by atoms with Gasteiger partial charge in [-0.25, -0.2) is 0 Å². The fourth-order valence-electron chi connectivity index (χ4n) is 2.63. The van der Waals surface area contributed by atoms with E-state index in [-0.39, 0.29) is 23.0 Å². The molecular formula is C15H23N7. The van der Waals surface area contributed by atoms with E-state index in [1.807, 2.05) is 13.0 Å². The second kappa shape index (κ2) is 5.44. The summed E-state index contributed by atoms with van der Waals surface area (Å²) in [5.74, 6) is -0.0314. The van der Waals surface area contributed by atoms with E-state index >= 15 is 0 Å². The number of nitrogen functional groups attached to an aromatic ring is 7. The highest BCUT2D eigenvalue weighted by Crippen LogP contribution is 2.43. The molecule has 0 radical (unpaired) electrons. The van der Waals surface area contributed by atoms with E-state index < -0.39 is 0 Å². The van der Waals surface area contributed by atoms with Crippen LogP contribution in [0.15, 0.2) is 18.2 Å². The second-order valence-corrected chi connectivity index (χ2v) is 5.55. The molecule has 118 valence electrons. The van der Waals surface area contributed by atoms with Gasteiger partial charge in [-0.15, -0.1) is 0 Å². The number of hydrogen-bond acceptors (Lipinski definition) is 7. The lowest BCUT2D eigenvalue weighted by atomic mass is 9.89. The molecule has 0 fully saturated rings. The maximum atomic E-state index is 6.08. The van der Waals surface area contributed by atoms with Crippen LogP contribution < -0.4 is 40.1 Å². The van der Waals surface area contributed by atoms with Crippen LogP contribution in [-0.2, 0) is 6.42 Å². The first kappa shape index (κ1) is 15.4. The van der Waals surface area contributed by atoms with Gasteiger partial charge in [0.15, 0.2) is 0 Å². The molecule has 14 N–H and O–H groups in total. The molecule has 7 nitrogen and oxygen atoms in total. The Morgan fingerprint density at radius 1 is 0.773 bits per heavy atom. The van der Waals surface area contributed by atoms with Gasteiger partial charge in [0.25, 0.3) is 0 Å². The Hall–Kier alpha value is -2.96. The summed E-state index contributed by atoms with van der Waals surface area (Å²) in [7, 11) is 0. The third-order valence-corrected chi connectivity index (χ3v) is 3.93. The summed E-state index contributed by atoms with van der Waals surface area (Å²) in [6, 6.07) is 5.41. The van der Waals surface area contributed by atoms with Crippen molar-refractivity contribution in [2.24, 2.45) is 0 Å². The number of benzene rings is 2. The zero-order valence-electron chi connectivity index (χ0n) is 12.6. The van der Waals surface area contributed by atoms with Crippen molar-refractivity contribution in [2.45, 2.75) is 19.3 Å². The van der Waals surface area contributed by atoms with E-state index in [1.165, 1.54) is 0 Å². The van der Waals surface area contributed by atoms with Crippen molar-refractivity contribution < 1.29 is 0 Å². The van der Waals surface area contributed by atoms with Crippen molar-refractivity contribution in [2.75, 3.05) is 40.1 Å². The van der Waals surface area contributed by atoms with E-state index in [2.05, 4.69) is 0 Å². The largest absolute Gasteiger partial charge is 0.399 e. The van der Waals surface area contributed by atoms with Gasteiger partial charge >= 0.3 is 0 Å². The van der Waals surface area contributed by atoms with Gasteiger partial charge in [0.1, 0.15) is 0 Å². The van der Waals surface area contributed by atoms with E-state index in [0.29, 0.717) is 34.7 Å². The fraction of sp³-hybridized carbons (Fsp3) is 0.200. The summed E-state index contributed by atoms with van der Waals surface area (Å²) in [4.78, 5) is 0. The maximum absolute atomic E-state index is 6.08. The molecule has 2 aromatic carbocycles. The van der Waals surface area contributed by atoms with Crippen LogP contribution >= 0.6 is 0 Å². The SMILES string of the molecule is C[C@H](Cc1ccc(N)cc1N)c1c(N)c(N)c(N)c(N)c1N. The molecule has 22 heavy (non-hydrogen) atoms. The Bertz CT molecular complexity index is 695. The lowest BCUT2D eigenvalue weighted by Gasteiger charge is -2.22. The number of anilines is 7. The molecular weight excluding hydrogens is 278 g/mol. The summed E-state index contributed by atoms with van der Waals surface area (Å²) in [6.07, 6.45) is 0.628. The van der Waals surface area contributed by atoms with Gasteiger partial charge in [-0.2, -0.15) is 0 Å². The minimum Gasteiger partial charge on any atom is -0.399 e. The number of hydrogen-bond donors (Lipinski definition) is 7. The van der Waals surface area contributed by atoms with Crippen LogP contribution in [-0.4, -0.2) is 0 Å². The van der Waals surface area contributed by atoms with E-state index in [4.69, 9.17) is 40.1 Å². The molecule has 1 atom stereocenters. The van der Waals surface area contributed by atoms with Gasteiger partial charge in [0, 0.05) is 16.9 Å². The smallest absolute Gasteiger partial charge is 0.0824 e. The summed E-state index contributed by atoms with van der Waals surface area (Å²) >= 11 is 0. The highest BCUT2D eigenvalue weighted by molar-refractivity contribution is 5.96. The Balaban J connectivity index is 2.44. The molecule has 0 saturated heterocycles. The summed E-state index contributed by atoms with van der Waals surface area (Å²) in [5, 5.41) is 0. The highest BCUT2D eigenvalue weighted by Gasteiger charge is 2.21. The molecule has 0 saturated carbocycles. The molecule has 0 aliphatic heterocycles. The van der Waals surface area contributed by atoms with Crippen LogP contribution in [0.4, 0.5) is 39.8 Å². The molecule has 0 bridgehead atoms. The molecule has 0 heterocycles. The normalized spacial score (nSPS) is 12.2. The second-order valence-electron chi connectivity index (χ2n) is 5.55. The standard InChI is InChI=1S/C15H23N7/c1-6(4-7-2-3-8(16)5-9(7)17)10-11(18)13(20)15(22)14(21)12(10)19/h2-3,5-6H,4,16-22H2,1H3/t6-/m1/s1. The first-order chi connectivity index (χ1) is 10.2. The maximum Gasteiger partial charge on any atom is 0.0824 e. The first-order valence-corrected chi connectivity index (χ1v) is 6.89. The van der Waals surface area contributed by atoms with Crippen LogP contribution in [0, 0.1) is 0 Å². The number of nitrogens with two attached hydrogens (primary N) is 7. The van der Waals surface area contributed by atoms with Gasteiger partial charge in [-0.3, -0.25) is 0 Å². The minimum absolute atomic E-state index is 0.0314. The average Bonchev–Trinajstić information content (AvgIpc) is 2.46. The molecule has 0 unspecified atom stereocenters. The Labute approximate surface area is 129 Å². The highest BCUT2D eigenvalue weighted by atomic mass is 14.8. The van der Waals surface area contributed by atoms with Crippen molar-refractivity contribution in [1.82, 2.24) is 0 Å². The lowest BCUT2D eigenvalue weighted by molar-refractivity contribution is 0.766. The van der Waals surface area contributed by atoms with Crippen molar-refractivity contribution >= 4 is 39.8 Å². The summed E-state index contributed by atoms with van der Waals surface area (Å²) < 4.78 is 0. The zero-order valence-corrected chi connectivity index (χ0v) is 12.6. The lowest BCUT2D eigenvalue weighted by Crippen LogP contribution is -2.14. The van der Waals surface area contributed by atoms with Crippen LogP contribution in [0.1, 0.15) is 24.0 Å². The van der Waals surface area contributed by atoms with Crippen LogP contribution in [0.2, 0.25) is 0 Å². The minimum atomic E-state index is -0.0314. The van der Waals surface area contributed by atoms with Crippen LogP contribution in [0.25, 0.3) is 0 Å². The topological polar surface area (TPSA) is 182 Å². The predicted octanol–water partition coefficient (Wildman–Crippen LogP) is 1.11. The molecule has 0 amide bonds. The summed E-state index contributed by atoms with van der Waals surface area (Å²) in [5.41, 5.74) is 45.8. The van der Waals surface area contributed by atoms with Crippen molar-refractivity contribution in [1.29, 1.82) is 0 Å². The van der Waals surface area contributed by atoms with Gasteiger partial charge in [0.2, 0.25) is 0 Å². The third kappa shape index (κ3) is 2.48. The third-order valence-electron chi connectivity index (χ3n) is 3.93. The predicted molar refractivity (Wildman–Crippen MR) is 95.9 cm³/mol. The Morgan fingerprint density at radius 2 is 1.27 bits per heavy atom. The molecule has 0 aromatic heterocycles. The van der Waals surface area contributed by atoms with Crippen molar-refractivity contribution in [3.05, 3.63) is 29.3 Å². The van der Waals surface area contributed by atoms with E-state index in [0.717, 1.165) is 5.56 Å². The van der Waals surface area contributed by atoms with Crippen molar-refractivity contribution in [3.8, 4) is 0 Å². The van der Waals surface area contributed by atoms with Gasteiger partial charge in [0.05, 0.1) is 28.4 Å². The molecule has 0 spiro atoms. The van der Waals surface area contributed by atoms with Crippen LogP contribution in [0.3, 0.4) is 0 Å². The zero-order chi connectivity index (χ0) is 16.6. The quantitative estimate of drug-likeness (QED) is 0.414. The first-order valence-electron chi connectivity index (χ1n) is 6.89. The van der Waals surface area contributed by atoms with E-state index in [9.17, 15) is 0 Å². The Morgan fingerprint density at radius 3 is 1.77 bits per heavy atom. The van der Waals surface area contributed by atoms with Gasteiger partial charge in [-0.1, -0.05) is 13.0 Å². The van der Waals surface area contributed by atoms with Gasteiger partial charge in [-0.05, 0) is 30.0 Å². The monoisotopic (exact) mass is 301 g/mol. The van der Waals surface area contributed by atoms with Crippen LogP contribution in [0.5, 0.6) is 0 Å². The molecule has 2 rings (SSSR count). The average molecular weight is 301 g/mol. The molecule has 2 aromatic rings. The van der Waals surface area contributed by atoms with Crippen molar-refractivity contribution in [3.63, 3.8) is 0 Å². The summed E-state index contributed by atoms with van der Waals surface area (Å²) in [6.45, 7) is 1.98. The van der Waals surface area contributed by atoms with E-state index in [1.54, 1.807) is 12.1 Å². The molecule has 0 aliphatic carbocycles. The fourth-order valence-corrected chi connectivity index (χ4v) is 2.63. The molecule has 7 heteroatoms.